The Morgan fingerprint density at radius 3 is 2.56 bits per heavy atom. The summed E-state index contributed by atoms with van der Waals surface area (Å²) < 4.78 is 26.3. The smallest absolute Gasteiger partial charge is 0.211 e. The van der Waals surface area contributed by atoms with Crippen LogP contribution in [0.4, 0.5) is 10.1 Å². The van der Waals surface area contributed by atoms with Gasteiger partial charge in [-0.3, -0.25) is 4.79 Å². The summed E-state index contributed by atoms with van der Waals surface area (Å²) in [5.74, 6) is 0.670. The van der Waals surface area contributed by atoms with Gasteiger partial charge in [-0.2, -0.15) is 0 Å². The second-order valence-electron chi connectivity index (χ2n) is 10.7. The molecular weight excluding hydrogens is 473 g/mol. The van der Waals surface area contributed by atoms with E-state index in [0.717, 1.165) is 22.5 Å². The zero-order valence-electron chi connectivity index (χ0n) is 22.9. The predicted octanol–water partition coefficient (Wildman–Crippen LogP) is 5.78. The SMILES string of the molecule is C=C1NC(c2ccc(N(C)C)c(OCC(CF)O[Si](C)(C)C(C)(C)C)c2)C=C/C1=C/C(=C\C)NC=O. The van der Waals surface area contributed by atoms with Crippen LogP contribution in [0.2, 0.25) is 18.1 Å². The minimum Gasteiger partial charge on any atom is -0.489 e. The van der Waals surface area contributed by atoms with E-state index in [1.165, 1.54) is 0 Å². The number of nitrogens with one attached hydrogen (secondary N) is 2. The molecular formula is C28H42FN3O3Si. The van der Waals surface area contributed by atoms with Gasteiger partial charge in [0.1, 0.15) is 25.1 Å². The van der Waals surface area contributed by atoms with Crippen molar-refractivity contribution in [3.05, 3.63) is 71.6 Å². The van der Waals surface area contributed by atoms with Crippen molar-refractivity contribution in [2.24, 2.45) is 0 Å². The van der Waals surface area contributed by atoms with Gasteiger partial charge >= 0.3 is 0 Å². The lowest BCUT2D eigenvalue weighted by Gasteiger charge is -2.38. The van der Waals surface area contributed by atoms with Crippen LogP contribution in [0.25, 0.3) is 0 Å². The summed E-state index contributed by atoms with van der Waals surface area (Å²) in [5, 5.41) is 6.06. The van der Waals surface area contributed by atoms with E-state index >= 15 is 0 Å². The van der Waals surface area contributed by atoms with Crippen LogP contribution in [0.1, 0.15) is 39.3 Å². The number of alkyl halides is 1. The minimum absolute atomic E-state index is 0.0131. The number of carbonyl (C=O) groups is 1. The summed E-state index contributed by atoms with van der Waals surface area (Å²) in [6.45, 7) is 16.2. The van der Waals surface area contributed by atoms with E-state index in [2.05, 4.69) is 51.1 Å². The zero-order valence-corrected chi connectivity index (χ0v) is 23.9. The van der Waals surface area contributed by atoms with Gasteiger partial charge in [-0.15, -0.1) is 0 Å². The molecule has 0 aliphatic carbocycles. The Bertz CT molecular complexity index is 1030. The van der Waals surface area contributed by atoms with E-state index in [9.17, 15) is 9.18 Å². The van der Waals surface area contributed by atoms with E-state index < -0.39 is 21.1 Å². The van der Waals surface area contributed by atoms with Gasteiger partial charge in [0.15, 0.2) is 8.32 Å². The highest BCUT2D eigenvalue weighted by atomic mass is 28.4. The molecule has 8 heteroatoms. The molecule has 2 N–H and O–H groups in total. The number of halogens is 1. The lowest BCUT2D eigenvalue weighted by atomic mass is 9.98. The number of ether oxygens (including phenoxy) is 1. The molecule has 1 amide bonds. The van der Waals surface area contributed by atoms with Crippen molar-refractivity contribution in [2.45, 2.75) is 58.0 Å². The maximum atomic E-state index is 13.9. The third-order valence-corrected chi connectivity index (χ3v) is 11.2. The second kappa shape index (κ2) is 12.4. The summed E-state index contributed by atoms with van der Waals surface area (Å²) in [6, 6.07) is 5.91. The standard InChI is InChI=1S/C28H42FN3O3Si/c1-10-23(30-19-33)15-21-11-13-25(31-20(21)2)22-12-14-26(32(6)7)27(16-22)34-18-24(17-29)35-36(8,9)28(3,4)5/h10-16,19,24-25,31H,2,17-18H2,1,3-9H3,(H,30,33)/b21-15-,23-10+. The molecule has 1 heterocycles. The van der Waals surface area contributed by atoms with Crippen LogP contribution < -0.4 is 20.3 Å². The Morgan fingerprint density at radius 1 is 1.33 bits per heavy atom. The Balaban J connectivity index is 2.25. The van der Waals surface area contributed by atoms with Crippen molar-refractivity contribution < 1.29 is 18.3 Å². The first-order valence-corrected chi connectivity index (χ1v) is 15.1. The normalized spacial score (nSPS) is 18.6. The fourth-order valence-corrected chi connectivity index (χ4v) is 4.81. The third kappa shape index (κ3) is 7.58. The number of amides is 1. The van der Waals surface area contributed by atoms with Gasteiger partial charge in [-0.1, -0.05) is 51.6 Å². The Kier molecular flexibility index (Phi) is 10.1. The summed E-state index contributed by atoms with van der Waals surface area (Å²) in [5.41, 5.74) is 4.21. The molecule has 2 atom stereocenters. The number of benzene rings is 1. The highest BCUT2D eigenvalue weighted by molar-refractivity contribution is 6.74. The highest BCUT2D eigenvalue weighted by Crippen LogP contribution is 2.38. The number of nitrogens with zero attached hydrogens (tertiary/aromatic N) is 1. The number of rotatable bonds is 11. The molecule has 0 saturated carbocycles. The molecule has 0 radical (unpaired) electrons. The first kappa shape index (κ1) is 29.4. The van der Waals surface area contributed by atoms with Crippen LogP contribution >= 0.6 is 0 Å². The van der Waals surface area contributed by atoms with Crippen LogP contribution in [0.15, 0.2) is 66.0 Å². The van der Waals surface area contributed by atoms with Crippen molar-refractivity contribution in [3.63, 3.8) is 0 Å². The van der Waals surface area contributed by atoms with E-state index in [0.29, 0.717) is 17.9 Å². The van der Waals surface area contributed by atoms with Crippen molar-refractivity contribution >= 4 is 20.4 Å². The molecule has 0 bridgehead atoms. The van der Waals surface area contributed by atoms with Gasteiger partial charge < -0.3 is 24.7 Å². The Morgan fingerprint density at radius 2 is 2.03 bits per heavy atom. The molecule has 0 saturated heterocycles. The van der Waals surface area contributed by atoms with Gasteiger partial charge in [-0.25, -0.2) is 4.39 Å². The van der Waals surface area contributed by atoms with Crippen molar-refractivity contribution in [2.75, 3.05) is 32.3 Å². The molecule has 2 unspecified atom stereocenters. The van der Waals surface area contributed by atoms with Crippen molar-refractivity contribution in [3.8, 4) is 5.75 Å². The molecule has 1 aromatic rings. The van der Waals surface area contributed by atoms with Crippen LogP contribution in [0.3, 0.4) is 0 Å². The summed E-state index contributed by atoms with van der Waals surface area (Å²) in [7, 11) is 1.77. The molecule has 0 aromatic heterocycles. The molecule has 2 rings (SSSR count). The van der Waals surface area contributed by atoms with Gasteiger partial charge in [0.2, 0.25) is 6.41 Å². The molecule has 1 aromatic carbocycles. The number of allylic oxidation sites excluding steroid dienone is 3. The monoisotopic (exact) mass is 515 g/mol. The fraction of sp³-hybridized carbons (Fsp3) is 0.464. The average Bonchev–Trinajstić information content (AvgIpc) is 2.81. The van der Waals surface area contributed by atoms with Crippen LogP contribution in [0, 0.1) is 0 Å². The van der Waals surface area contributed by atoms with Crippen molar-refractivity contribution in [1.82, 2.24) is 10.6 Å². The van der Waals surface area contributed by atoms with E-state index in [-0.39, 0.29) is 17.7 Å². The van der Waals surface area contributed by atoms with Gasteiger partial charge in [0.05, 0.1) is 11.7 Å². The molecule has 198 valence electrons. The molecule has 36 heavy (non-hydrogen) atoms. The molecule has 1 aliphatic rings. The maximum Gasteiger partial charge on any atom is 0.211 e. The van der Waals surface area contributed by atoms with Crippen LogP contribution in [-0.2, 0) is 9.22 Å². The van der Waals surface area contributed by atoms with E-state index in [1.807, 2.05) is 68.4 Å². The Labute approximate surface area is 217 Å². The van der Waals surface area contributed by atoms with Crippen LogP contribution in [-0.4, -0.2) is 48.2 Å². The quantitative estimate of drug-likeness (QED) is 0.289. The lowest BCUT2D eigenvalue weighted by molar-refractivity contribution is -0.108. The predicted molar refractivity (Wildman–Crippen MR) is 150 cm³/mol. The minimum atomic E-state index is -2.13. The summed E-state index contributed by atoms with van der Waals surface area (Å²) in [6.07, 6.45) is 7.72. The largest absolute Gasteiger partial charge is 0.489 e. The number of carbonyl (C=O) groups excluding carboxylic acids is 1. The van der Waals surface area contributed by atoms with Gasteiger partial charge in [0, 0.05) is 25.5 Å². The van der Waals surface area contributed by atoms with Crippen molar-refractivity contribution in [1.29, 1.82) is 0 Å². The summed E-state index contributed by atoms with van der Waals surface area (Å²) in [4.78, 5) is 12.8. The third-order valence-electron chi connectivity index (χ3n) is 6.68. The zero-order chi connectivity index (χ0) is 27.1. The summed E-state index contributed by atoms with van der Waals surface area (Å²) >= 11 is 0. The maximum absolute atomic E-state index is 13.9. The number of hydrogen-bond acceptors (Lipinski definition) is 5. The molecule has 0 spiro atoms. The second-order valence-corrected chi connectivity index (χ2v) is 15.4. The Hall–Kier alpha value is -2.84. The topological polar surface area (TPSA) is 62.8 Å². The number of anilines is 1. The lowest BCUT2D eigenvalue weighted by Crippen LogP contribution is -2.46. The average molecular weight is 516 g/mol. The first-order chi connectivity index (χ1) is 16.8. The molecule has 0 fully saturated rings. The highest BCUT2D eigenvalue weighted by Gasteiger charge is 2.39. The van der Waals surface area contributed by atoms with E-state index in [4.69, 9.17) is 9.16 Å². The molecule has 1 aliphatic heterocycles. The number of hydrogen-bond donors (Lipinski definition) is 2. The van der Waals surface area contributed by atoms with Crippen LogP contribution in [0.5, 0.6) is 5.75 Å². The van der Waals surface area contributed by atoms with E-state index in [1.54, 1.807) is 0 Å². The first-order valence-electron chi connectivity index (χ1n) is 12.2. The fourth-order valence-electron chi connectivity index (χ4n) is 3.49. The molecule has 6 nitrogen and oxygen atoms in total. The van der Waals surface area contributed by atoms with Gasteiger partial charge in [0.25, 0.3) is 0 Å². The van der Waals surface area contributed by atoms with Gasteiger partial charge in [-0.05, 0) is 54.4 Å².